The second kappa shape index (κ2) is 8.19. The van der Waals surface area contributed by atoms with Gasteiger partial charge in [0.2, 0.25) is 5.91 Å². The van der Waals surface area contributed by atoms with Crippen molar-refractivity contribution in [2.24, 2.45) is 0 Å². The fraction of sp³-hybridized carbons (Fsp3) is 0.650. The van der Waals surface area contributed by atoms with E-state index >= 15 is 0 Å². The third kappa shape index (κ3) is 4.95. The molecular weight excluding hydrogens is 314 g/mol. The van der Waals surface area contributed by atoms with Gasteiger partial charge in [0.05, 0.1) is 13.2 Å². The van der Waals surface area contributed by atoms with Crippen molar-refractivity contribution < 1.29 is 9.53 Å². The average Bonchev–Trinajstić information content (AvgIpc) is 3.16. The fourth-order valence-corrected chi connectivity index (χ4v) is 3.70. The average molecular weight is 345 g/mol. The predicted octanol–water partition coefficient (Wildman–Crippen LogP) is 3.12. The molecule has 0 bridgehead atoms. The number of hydrogen-bond donors (Lipinski definition) is 1. The number of rotatable bonds is 6. The van der Waals surface area contributed by atoms with Crippen molar-refractivity contribution in [1.29, 1.82) is 0 Å². The van der Waals surface area contributed by atoms with E-state index in [0.29, 0.717) is 6.42 Å². The smallest absolute Gasteiger partial charge is 0.224 e. The summed E-state index contributed by atoms with van der Waals surface area (Å²) in [5, 5.41) is 3.03. The number of carbonyl (C=O) groups excluding carboxylic acids is 1. The van der Waals surface area contributed by atoms with Gasteiger partial charge in [0, 0.05) is 49.5 Å². The molecule has 5 nitrogen and oxygen atoms in total. The number of benzene rings is 1. The summed E-state index contributed by atoms with van der Waals surface area (Å²) in [6, 6.07) is 8.24. The van der Waals surface area contributed by atoms with Gasteiger partial charge in [-0.2, -0.15) is 0 Å². The molecule has 0 spiro atoms. The lowest BCUT2D eigenvalue weighted by atomic mass is 9.95. The number of ether oxygens (including phenoxy) is 1. The minimum absolute atomic E-state index is 0.0285. The lowest BCUT2D eigenvalue weighted by Crippen LogP contribution is -2.50. The van der Waals surface area contributed by atoms with Crippen LogP contribution in [0, 0.1) is 0 Å². The summed E-state index contributed by atoms with van der Waals surface area (Å²) in [4.78, 5) is 17.1. The van der Waals surface area contributed by atoms with Crippen molar-refractivity contribution in [2.75, 3.05) is 49.6 Å². The molecule has 5 heteroatoms. The summed E-state index contributed by atoms with van der Waals surface area (Å²) >= 11 is 0. The molecule has 1 aromatic carbocycles. The van der Waals surface area contributed by atoms with Crippen LogP contribution in [0.5, 0.6) is 0 Å². The number of hydrogen-bond acceptors (Lipinski definition) is 4. The first-order valence-electron chi connectivity index (χ1n) is 9.52. The highest BCUT2D eigenvalue weighted by molar-refractivity contribution is 5.90. The highest BCUT2D eigenvalue weighted by Gasteiger charge is 2.28. The predicted molar refractivity (Wildman–Crippen MR) is 102 cm³/mol. The molecule has 2 aliphatic heterocycles. The van der Waals surface area contributed by atoms with Gasteiger partial charge in [-0.25, -0.2) is 0 Å². The van der Waals surface area contributed by atoms with E-state index in [4.69, 9.17) is 4.74 Å². The number of nitrogens with zero attached hydrogens (tertiary/aromatic N) is 2. The van der Waals surface area contributed by atoms with Gasteiger partial charge in [-0.1, -0.05) is 0 Å². The van der Waals surface area contributed by atoms with Crippen LogP contribution in [0.2, 0.25) is 0 Å². The van der Waals surface area contributed by atoms with Crippen LogP contribution in [0.15, 0.2) is 24.3 Å². The van der Waals surface area contributed by atoms with Crippen LogP contribution < -0.4 is 10.2 Å². The van der Waals surface area contributed by atoms with E-state index in [2.05, 4.69) is 41.1 Å². The van der Waals surface area contributed by atoms with Gasteiger partial charge >= 0.3 is 0 Å². The van der Waals surface area contributed by atoms with E-state index in [1.165, 1.54) is 18.5 Å². The number of carbonyl (C=O) groups is 1. The lowest BCUT2D eigenvalue weighted by molar-refractivity contribution is -0.117. The molecule has 3 rings (SSSR count). The molecule has 1 amide bonds. The Kier molecular flexibility index (Phi) is 5.97. The van der Waals surface area contributed by atoms with Crippen molar-refractivity contribution >= 4 is 17.3 Å². The van der Waals surface area contributed by atoms with Crippen LogP contribution in [0.4, 0.5) is 11.4 Å². The monoisotopic (exact) mass is 345 g/mol. The van der Waals surface area contributed by atoms with Crippen LogP contribution in [-0.4, -0.2) is 55.7 Å². The van der Waals surface area contributed by atoms with Crippen LogP contribution in [0.25, 0.3) is 0 Å². The SMILES string of the molecule is CC(C)(CCC(=O)Nc1ccc(N2CCCC2)cc1)N1CCOCC1. The molecule has 0 radical (unpaired) electrons. The maximum atomic E-state index is 12.3. The third-order valence-electron chi connectivity index (χ3n) is 5.45. The summed E-state index contributed by atoms with van der Waals surface area (Å²) in [7, 11) is 0. The Morgan fingerprint density at radius 3 is 2.36 bits per heavy atom. The van der Waals surface area contributed by atoms with Gasteiger partial charge in [-0.05, 0) is 57.4 Å². The zero-order chi connectivity index (χ0) is 17.7. The standard InChI is InChI=1S/C20H31N3O2/c1-20(2,23-13-15-25-16-14-23)10-9-19(24)21-17-5-7-18(8-6-17)22-11-3-4-12-22/h5-8H,3-4,9-16H2,1-2H3,(H,21,24). The highest BCUT2D eigenvalue weighted by Crippen LogP contribution is 2.24. The van der Waals surface area contributed by atoms with Crippen LogP contribution in [0.1, 0.15) is 39.5 Å². The Morgan fingerprint density at radius 2 is 1.72 bits per heavy atom. The number of anilines is 2. The summed E-state index contributed by atoms with van der Waals surface area (Å²) in [5.74, 6) is 0.0928. The molecule has 2 fully saturated rings. The fourth-order valence-electron chi connectivity index (χ4n) is 3.70. The Balaban J connectivity index is 1.47. The van der Waals surface area contributed by atoms with Crippen LogP contribution in [0.3, 0.4) is 0 Å². The molecular formula is C20H31N3O2. The minimum Gasteiger partial charge on any atom is -0.379 e. The van der Waals surface area contributed by atoms with Gasteiger partial charge in [-0.15, -0.1) is 0 Å². The molecule has 0 aliphatic carbocycles. The van der Waals surface area contributed by atoms with Gasteiger partial charge in [0.15, 0.2) is 0 Å². The largest absolute Gasteiger partial charge is 0.379 e. The van der Waals surface area contributed by atoms with E-state index in [1.54, 1.807) is 0 Å². The summed E-state index contributed by atoms with van der Waals surface area (Å²) < 4.78 is 5.42. The molecule has 1 N–H and O–H groups in total. The third-order valence-corrected chi connectivity index (χ3v) is 5.45. The summed E-state index contributed by atoms with van der Waals surface area (Å²) in [6.45, 7) is 10.2. The summed E-state index contributed by atoms with van der Waals surface area (Å²) in [6.07, 6.45) is 3.94. The molecule has 2 aliphatic rings. The first-order chi connectivity index (χ1) is 12.0. The van der Waals surface area contributed by atoms with Crippen molar-refractivity contribution in [3.63, 3.8) is 0 Å². The molecule has 1 aromatic rings. The van der Waals surface area contributed by atoms with Crippen molar-refractivity contribution in [3.05, 3.63) is 24.3 Å². The Hall–Kier alpha value is -1.59. The Labute approximate surface area is 151 Å². The van der Waals surface area contributed by atoms with Crippen LogP contribution >= 0.6 is 0 Å². The van der Waals surface area contributed by atoms with Crippen molar-refractivity contribution in [3.8, 4) is 0 Å². The quantitative estimate of drug-likeness (QED) is 0.860. The highest BCUT2D eigenvalue weighted by atomic mass is 16.5. The van der Waals surface area contributed by atoms with E-state index in [1.807, 2.05) is 12.1 Å². The number of nitrogens with one attached hydrogen (secondary N) is 1. The molecule has 0 aromatic heterocycles. The van der Waals surface area contributed by atoms with E-state index in [-0.39, 0.29) is 11.4 Å². The molecule has 0 saturated carbocycles. The van der Waals surface area contributed by atoms with Gasteiger partial charge in [-0.3, -0.25) is 9.69 Å². The van der Waals surface area contributed by atoms with Crippen molar-refractivity contribution in [1.82, 2.24) is 4.90 Å². The minimum atomic E-state index is 0.0285. The molecule has 2 saturated heterocycles. The molecule has 2 heterocycles. The second-order valence-electron chi connectivity index (χ2n) is 7.70. The second-order valence-corrected chi connectivity index (χ2v) is 7.70. The zero-order valence-electron chi connectivity index (χ0n) is 15.6. The van der Waals surface area contributed by atoms with E-state index in [0.717, 1.165) is 51.5 Å². The lowest BCUT2D eigenvalue weighted by Gasteiger charge is -2.40. The molecule has 138 valence electrons. The van der Waals surface area contributed by atoms with E-state index < -0.39 is 0 Å². The molecule has 0 unspecified atom stereocenters. The van der Waals surface area contributed by atoms with E-state index in [9.17, 15) is 4.79 Å². The topological polar surface area (TPSA) is 44.8 Å². The first-order valence-corrected chi connectivity index (χ1v) is 9.52. The summed E-state index contributed by atoms with van der Waals surface area (Å²) in [5.41, 5.74) is 2.17. The zero-order valence-corrected chi connectivity index (χ0v) is 15.6. The van der Waals surface area contributed by atoms with Gasteiger partial charge in [0.25, 0.3) is 0 Å². The van der Waals surface area contributed by atoms with Gasteiger partial charge in [0.1, 0.15) is 0 Å². The Morgan fingerprint density at radius 1 is 1.08 bits per heavy atom. The maximum absolute atomic E-state index is 12.3. The Bertz CT molecular complexity index is 559. The number of amides is 1. The molecule has 25 heavy (non-hydrogen) atoms. The first kappa shape index (κ1) is 18.2. The molecule has 0 atom stereocenters. The van der Waals surface area contributed by atoms with Crippen molar-refractivity contribution in [2.45, 2.75) is 45.1 Å². The normalized spacial score (nSPS) is 19.2. The number of morpholine rings is 1. The van der Waals surface area contributed by atoms with Gasteiger partial charge < -0.3 is 15.0 Å². The maximum Gasteiger partial charge on any atom is 0.224 e. The van der Waals surface area contributed by atoms with Crippen LogP contribution in [-0.2, 0) is 9.53 Å².